The molecule has 0 bridgehead atoms. The summed E-state index contributed by atoms with van der Waals surface area (Å²) in [5, 5.41) is 10.8. The Labute approximate surface area is 125 Å². The van der Waals surface area contributed by atoms with Gasteiger partial charge in [-0.2, -0.15) is 5.10 Å². The van der Waals surface area contributed by atoms with Crippen molar-refractivity contribution in [3.05, 3.63) is 30.1 Å². The molecule has 0 spiro atoms. The van der Waals surface area contributed by atoms with E-state index in [0.29, 0.717) is 6.04 Å². The summed E-state index contributed by atoms with van der Waals surface area (Å²) >= 11 is 0. The summed E-state index contributed by atoms with van der Waals surface area (Å²) in [6.45, 7) is 4.28. The fourth-order valence-electron chi connectivity index (χ4n) is 2.84. The summed E-state index contributed by atoms with van der Waals surface area (Å²) in [5.41, 5.74) is 2.21. The summed E-state index contributed by atoms with van der Waals surface area (Å²) in [6, 6.07) is 8.93. The Morgan fingerprint density at radius 1 is 1.29 bits per heavy atom. The van der Waals surface area contributed by atoms with Crippen LogP contribution in [-0.4, -0.2) is 46.3 Å². The number of likely N-dealkylation sites (tertiary alicyclic amines) is 1. The van der Waals surface area contributed by atoms with Crippen molar-refractivity contribution in [2.45, 2.75) is 32.2 Å². The number of nitrogens with zero attached hydrogens (tertiary/aromatic N) is 3. The van der Waals surface area contributed by atoms with Gasteiger partial charge < -0.3 is 10.2 Å². The van der Waals surface area contributed by atoms with E-state index in [2.05, 4.69) is 56.7 Å². The van der Waals surface area contributed by atoms with E-state index in [0.717, 1.165) is 29.4 Å². The molecule has 5 heteroatoms. The molecule has 2 aromatic rings. The van der Waals surface area contributed by atoms with Gasteiger partial charge in [-0.1, -0.05) is 12.1 Å². The number of aromatic amines is 1. The van der Waals surface area contributed by atoms with Crippen molar-refractivity contribution in [3.8, 4) is 11.4 Å². The number of rotatable bonds is 3. The second-order valence-corrected chi connectivity index (χ2v) is 5.90. The van der Waals surface area contributed by atoms with Crippen LogP contribution in [0.3, 0.4) is 0 Å². The summed E-state index contributed by atoms with van der Waals surface area (Å²) in [4.78, 5) is 6.80. The topological polar surface area (TPSA) is 56.8 Å². The molecular weight excluding hydrogens is 262 g/mol. The number of anilines is 1. The van der Waals surface area contributed by atoms with Gasteiger partial charge in [-0.3, -0.25) is 5.10 Å². The van der Waals surface area contributed by atoms with Crippen LogP contribution in [0.1, 0.15) is 25.1 Å². The first kappa shape index (κ1) is 14.1. The van der Waals surface area contributed by atoms with Crippen molar-refractivity contribution in [1.29, 1.82) is 0 Å². The van der Waals surface area contributed by atoms with Gasteiger partial charge in [-0.15, -0.1) is 0 Å². The van der Waals surface area contributed by atoms with Crippen LogP contribution in [0.2, 0.25) is 0 Å². The second kappa shape index (κ2) is 6.26. The molecule has 2 N–H and O–H groups in total. The maximum absolute atomic E-state index is 4.39. The summed E-state index contributed by atoms with van der Waals surface area (Å²) in [7, 11) is 2.20. The van der Waals surface area contributed by atoms with Gasteiger partial charge in [0.25, 0.3) is 0 Å². The van der Waals surface area contributed by atoms with E-state index in [9.17, 15) is 0 Å². The van der Waals surface area contributed by atoms with Crippen molar-refractivity contribution < 1.29 is 0 Å². The first-order chi connectivity index (χ1) is 10.2. The molecule has 1 aliphatic rings. The van der Waals surface area contributed by atoms with Gasteiger partial charge in [-0.25, -0.2) is 4.98 Å². The van der Waals surface area contributed by atoms with Crippen molar-refractivity contribution in [1.82, 2.24) is 20.1 Å². The lowest BCUT2D eigenvalue weighted by atomic mass is 10.1. The van der Waals surface area contributed by atoms with Crippen LogP contribution >= 0.6 is 0 Å². The molecule has 5 nitrogen and oxygen atoms in total. The highest BCUT2D eigenvalue weighted by atomic mass is 15.2. The lowest BCUT2D eigenvalue weighted by Crippen LogP contribution is -2.22. The van der Waals surface area contributed by atoms with Gasteiger partial charge in [0.2, 0.25) is 0 Å². The van der Waals surface area contributed by atoms with Gasteiger partial charge in [0.1, 0.15) is 5.82 Å². The zero-order valence-corrected chi connectivity index (χ0v) is 12.8. The molecule has 0 radical (unpaired) electrons. The molecule has 0 aliphatic carbocycles. The third kappa shape index (κ3) is 3.61. The minimum absolute atomic E-state index is 0.555. The largest absolute Gasteiger partial charge is 0.382 e. The second-order valence-electron chi connectivity index (χ2n) is 5.90. The van der Waals surface area contributed by atoms with Crippen LogP contribution in [0.4, 0.5) is 5.69 Å². The van der Waals surface area contributed by atoms with Crippen LogP contribution in [0.5, 0.6) is 0 Å². The van der Waals surface area contributed by atoms with Crippen LogP contribution in [0.25, 0.3) is 11.4 Å². The lowest BCUT2D eigenvalue weighted by molar-refractivity contribution is 0.348. The van der Waals surface area contributed by atoms with E-state index in [1.807, 2.05) is 6.92 Å². The molecule has 0 amide bonds. The number of benzene rings is 1. The van der Waals surface area contributed by atoms with Gasteiger partial charge in [-0.05, 0) is 58.5 Å². The summed E-state index contributed by atoms with van der Waals surface area (Å²) in [5.74, 6) is 1.60. The Hall–Kier alpha value is -1.88. The van der Waals surface area contributed by atoms with Crippen LogP contribution in [0.15, 0.2) is 24.3 Å². The minimum atomic E-state index is 0.555. The number of aromatic nitrogens is 3. The fourth-order valence-corrected chi connectivity index (χ4v) is 2.84. The Kier molecular flexibility index (Phi) is 4.20. The first-order valence-electron chi connectivity index (χ1n) is 7.65. The molecule has 1 fully saturated rings. The van der Waals surface area contributed by atoms with E-state index in [1.54, 1.807) is 0 Å². The SMILES string of the molecule is Cc1nc(-c2cccc(NC3CCCN(C)CC3)c2)n[nH]1. The van der Waals surface area contributed by atoms with E-state index in [1.165, 1.54) is 25.8 Å². The van der Waals surface area contributed by atoms with Crippen molar-refractivity contribution in [2.75, 3.05) is 25.5 Å². The van der Waals surface area contributed by atoms with E-state index >= 15 is 0 Å². The summed E-state index contributed by atoms with van der Waals surface area (Å²) < 4.78 is 0. The average Bonchev–Trinajstić information content (AvgIpc) is 2.81. The van der Waals surface area contributed by atoms with Crippen LogP contribution in [-0.2, 0) is 0 Å². The van der Waals surface area contributed by atoms with Crippen molar-refractivity contribution >= 4 is 5.69 Å². The summed E-state index contributed by atoms with van der Waals surface area (Å²) in [6.07, 6.45) is 3.68. The molecule has 1 saturated heterocycles. The molecule has 1 aromatic heterocycles. The number of hydrogen-bond donors (Lipinski definition) is 2. The number of aryl methyl sites for hydroxylation is 1. The Bertz CT molecular complexity index is 592. The lowest BCUT2D eigenvalue weighted by Gasteiger charge is -2.18. The molecule has 21 heavy (non-hydrogen) atoms. The number of H-pyrrole nitrogens is 1. The zero-order valence-electron chi connectivity index (χ0n) is 12.8. The van der Waals surface area contributed by atoms with Crippen molar-refractivity contribution in [2.24, 2.45) is 0 Å². The number of hydrogen-bond acceptors (Lipinski definition) is 4. The fraction of sp³-hybridized carbons (Fsp3) is 0.500. The molecule has 1 aliphatic heterocycles. The monoisotopic (exact) mass is 285 g/mol. The molecule has 2 heterocycles. The third-order valence-corrected chi connectivity index (χ3v) is 4.04. The minimum Gasteiger partial charge on any atom is -0.382 e. The van der Waals surface area contributed by atoms with Gasteiger partial charge >= 0.3 is 0 Å². The van der Waals surface area contributed by atoms with Gasteiger partial charge in [0.05, 0.1) is 0 Å². The van der Waals surface area contributed by atoms with Crippen molar-refractivity contribution in [3.63, 3.8) is 0 Å². The Morgan fingerprint density at radius 2 is 2.19 bits per heavy atom. The molecular formula is C16H23N5. The molecule has 1 aromatic carbocycles. The third-order valence-electron chi connectivity index (χ3n) is 4.04. The molecule has 3 rings (SSSR count). The highest BCUT2D eigenvalue weighted by molar-refractivity contribution is 5.62. The van der Waals surface area contributed by atoms with Gasteiger partial charge in [0.15, 0.2) is 5.82 Å². The molecule has 0 saturated carbocycles. The van der Waals surface area contributed by atoms with Crippen LogP contribution < -0.4 is 5.32 Å². The number of nitrogens with one attached hydrogen (secondary N) is 2. The van der Waals surface area contributed by atoms with Crippen LogP contribution in [0, 0.1) is 6.92 Å². The molecule has 1 unspecified atom stereocenters. The Morgan fingerprint density at radius 3 is 3.00 bits per heavy atom. The predicted molar refractivity (Wildman–Crippen MR) is 85.3 cm³/mol. The smallest absolute Gasteiger partial charge is 0.181 e. The van der Waals surface area contributed by atoms with E-state index in [-0.39, 0.29) is 0 Å². The average molecular weight is 285 g/mol. The van der Waals surface area contributed by atoms with Gasteiger partial charge in [0, 0.05) is 17.3 Å². The van der Waals surface area contributed by atoms with E-state index in [4.69, 9.17) is 0 Å². The standard InChI is InChI=1S/C16H23N5/c1-12-17-16(20-19-12)13-5-3-6-15(11-13)18-14-7-4-9-21(2)10-8-14/h3,5-6,11,14,18H,4,7-10H2,1-2H3,(H,17,19,20). The molecule has 1 atom stereocenters. The highest BCUT2D eigenvalue weighted by Crippen LogP contribution is 2.22. The predicted octanol–water partition coefficient (Wildman–Crippen LogP) is 2.68. The normalized spacial score (nSPS) is 20.2. The molecule has 112 valence electrons. The maximum atomic E-state index is 4.39. The Balaban J connectivity index is 1.71. The maximum Gasteiger partial charge on any atom is 0.181 e. The zero-order chi connectivity index (χ0) is 14.7. The first-order valence-corrected chi connectivity index (χ1v) is 7.65. The van der Waals surface area contributed by atoms with E-state index < -0.39 is 0 Å². The highest BCUT2D eigenvalue weighted by Gasteiger charge is 2.14. The quantitative estimate of drug-likeness (QED) is 0.910.